The molecule has 0 spiro atoms. The Kier molecular flexibility index (Phi) is 7.10. The van der Waals surface area contributed by atoms with Crippen LogP contribution in [0.1, 0.15) is 11.1 Å². The van der Waals surface area contributed by atoms with E-state index < -0.39 is 5.79 Å². The molecule has 0 amide bonds. The highest BCUT2D eigenvalue weighted by atomic mass is 32.2. The first kappa shape index (κ1) is 24.1. The summed E-state index contributed by atoms with van der Waals surface area (Å²) in [5, 5.41) is 2.31. The van der Waals surface area contributed by atoms with Crippen molar-refractivity contribution in [2.45, 2.75) is 20.5 Å². The zero-order valence-corrected chi connectivity index (χ0v) is 21.5. The van der Waals surface area contributed by atoms with Crippen molar-refractivity contribution in [1.29, 1.82) is 0 Å². The third kappa shape index (κ3) is 4.51. The number of hydrogen-bond donors (Lipinski definition) is 0. The summed E-state index contributed by atoms with van der Waals surface area (Å²) in [6.45, 7) is 0. The molecule has 0 radical (unpaired) electrons. The van der Waals surface area contributed by atoms with Gasteiger partial charge in [-0.1, -0.05) is 48.5 Å². The molecule has 36 heavy (non-hydrogen) atoms. The first-order valence-corrected chi connectivity index (χ1v) is 13.0. The normalized spacial score (nSPS) is 11.7. The molecule has 0 aliphatic carbocycles. The maximum absolute atomic E-state index is 6.00. The van der Waals surface area contributed by atoms with Gasteiger partial charge in [-0.15, -0.1) is 0 Å². The molecule has 0 heterocycles. The second-order valence-electron chi connectivity index (χ2n) is 8.41. The molecule has 0 fully saturated rings. The van der Waals surface area contributed by atoms with E-state index in [0.717, 1.165) is 22.3 Å². The lowest BCUT2D eigenvalue weighted by Gasteiger charge is -2.32. The number of fused-ring (bicyclic) bond motifs is 1. The van der Waals surface area contributed by atoms with Crippen molar-refractivity contribution in [2.75, 3.05) is 21.3 Å². The molecule has 0 bridgehead atoms. The van der Waals surface area contributed by atoms with Crippen molar-refractivity contribution in [3.63, 3.8) is 0 Å². The lowest BCUT2D eigenvalue weighted by Crippen LogP contribution is -2.32. The van der Waals surface area contributed by atoms with Crippen molar-refractivity contribution < 1.29 is 14.2 Å². The van der Waals surface area contributed by atoms with Gasteiger partial charge in [0.15, 0.2) is 14.7 Å². The van der Waals surface area contributed by atoms with Gasteiger partial charge >= 0.3 is 0 Å². The standard InChI is InChI=1S/C32H29O3S/c1-33-28-19-17-26(18-20-28)32(34-2,35-3)27-16-14-25-23-31(21-15-24(25)22-27)36(29-10-6-4-7-11-29)30-12-8-5-9-13-30/h4-23H,1-3H3/q+1. The second kappa shape index (κ2) is 10.6. The van der Waals surface area contributed by atoms with Gasteiger partial charge in [0.25, 0.3) is 0 Å². The van der Waals surface area contributed by atoms with Gasteiger partial charge in [-0.2, -0.15) is 0 Å². The SMILES string of the molecule is COc1ccc(C(OC)(OC)c2ccc3cc([S+](c4ccccc4)c4ccccc4)ccc3c2)cc1. The summed E-state index contributed by atoms with van der Waals surface area (Å²) in [5.74, 6) is -0.226. The quantitative estimate of drug-likeness (QED) is 0.166. The number of methoxy groups -OCH3 is 3. The van der Waals surface area contributed by atoms with E-state index >= 15 is 0 Å². The maximum Gasteiger partial charge on any atom is 0.221 e. The highest BCUT2D eigenvalue weighted by Crippen LogP contribution is 2.38. The Morgan fingerprint density at radius 2 is 1.03 bits per heavy atom. The van der Waals surface area contributed by atoms with E-state index in [4.69, 9.17) is 14.2 Å². The molecule has 0 saturated heterocycles. The first-order valence-electron chi connectivity index (χ1n) is 11.8. The average molecular weight is 494 g/mol. The average Bonchev–Trinajstić information content (AvgIpc) is 2.95. The van der Waals surface area contributed by atoms with Crippen LogP contribution in [0, 0.1) is 0 Å². The van der Waals surface area contributed by atoms with Crippen LogP contribution in [0.4, 0.5) is 0 Å². The fourth-order valence-electron chi connectivity index (χ4n) is 4.61. The summed E-state index contributed by atoms with van der Waals surface area (Å²) in [4.78, 5) is 3.89. The van der Waals surface area contributed by atoms with Gasteiger partial charge in [-0.05, 0) is 77.5 Å². The molecule has 0 N–H and O–H groups in total. The summed E-state index contributed by atoms with van der Waals surface area (Å²) < 4.78 is 17.3. The number of hydrogen-bond acceptors (Lipinski definition) is 3. The molecule has 0 unspecified atom stereocenters. The van der Waals surface area contributed by atoms with Crippen LogP contribution in [0.5, 0.6) is 5.75 Å². The van der Waals surface area contributed by atoms with E-state index in [1.807, 2.05) is 24.3 Å². The molecule has 3 nitrogen and oxygen atoms in total. The lowest BCUT2D eigenvalue weighted by atomic mass is 9.94. The lowest BCUT2D eigenvalue weighted by molar-refractivity contribution is -0.183. The smallest absolute Gasteiger partial charge is 0.221 e. The van der Waals surface area contributed by atoms with Gasteiger partial charge in [-0.25, -0.2) is 0 Å². The van der Waals surface area contributed by atoms with Gasteiger partial charge in [0.2, 0.25) is 5.79 Å². The van der Waals surface area contributed by atoms with Crippen molar-refractivity contribution in [3.8, 4) is 5.75 Å². The van der Waals surface area contributed by atoms with E-state index in [2.05, 4.69) is 97.1 Å². The highest BCUT2D eigenvalue weighted by Gasteiger charge is 2.35. The summed E-state index contributed by atoms with van der Waals surface area (Å²) >= 11 is 0. The van der Waals surface area contributed by atoms with Gasteiger partial charge < -0.3 is 14.2 Å². The molecule has 180 valence electrons. The van der Waals surface area contributed by atoms with Crippen molar-refractivity contribution in [3.05, 3.63) is 132 Å². The van der Waals surface area contributed by atoms with Crippen molar-refractivity contribution in [1.82, 2.24) is 0 Å². The third-order valence-electron chi connectivity index (χ3n) is 6.43. The van der Waals surface area contributed by atoms with E-state index in [1.165, 1.54) is 20.1 Å². The molecule has 0 saturated carbocycles. The molecular formula is C32H29O3S+. The predicted molar refractivity (Wildman–Crippen MR) is 147 cm³/mol. The number of benzene rings is 5. The fraction of sp³-hybridized carbons (Fsp3) is 0.125. The van der Waals surface area contributed by atoms with Gasteiger partial charge in [0, 0.05) is 31.4 Å². The van der Waals surface area contributed by atoms with Gasteiger partial charge in [0.05, 0.1) is 18.0 Å². The van der Waals surface area contributed by atoms with Crippen LogP contribution in [0.15, 0.2) is 136 Å². The minimum atomic E-state index is -1.02. The molecule has 0 aliphatic heterocycles. The van der Waals surface area contributed by atoms with E-state index in [0.29, 0.717) is 0 Å². The monoisotopic (exact) mass is 493 g/mol. The molecule has 0 aromatic heterocycles. The maximum atomic E-state index is 6.00. The van der Waals surface area contributed by atoms with Crippen molar-refractivity contribution in [2.24, 2.45) is 0 Å². The fourth-order valence-corrected chi connectivity index (χ4v) is 6.73. The van der Waals surface area contributed by atoms with Crippen LogP contribution in [0.25, 0.3) is 10.8 Å². The van der Waals surface area contributed by atoms with Crippen LogP contribution in [-0.4, -0.2) is 21.3 Å². The summed E-state index contributed by atoms with van der Waals surface area (Å²) in [6, 6.07) is 42.4. The van der Waals surface area contributed by atoms with Crippen LogP contribution >= 0.6 is 0 Å². The molecule has 4 heteroatoms. The van der Waals surface area contributed by atoms with Gasteiger partial charge in [0.1, 0.15) is 5.75 Å². The van der Waals surface area contributed by atoms with E-state index in [-0.39, 0.29) is 10.9 Å². The van der Waals surface area contributed by atoms with Crippen LogP contribution < -0.4 is 4.74 Å². The molecule has 5 aromatic carbocycles. The van der Waals surface area contributed by atoms with Crippen LogP contribution in [0.2, 0.25) is 0 Å². The molecular weight excluding hydrogens is 464 g/mol. The second-order valence-corrected chi connectivity index (χ2v) is 10.4. The zero-order chi connectivity index (χ0) is 25.0. The first-order chi connectivity index (χ1) is 17.7. The molecule has 0 aliphatic rings. The summed E-state index contributed by atoms with van der Waals surface area (Å²) in [6.07, 6.45) is 0. The molecule has 5 aromatic rings. The Morgan fingerprint density at radius 1 is 0.500 bits per heavy atom. The largest absolute Gasteiger partial charge is 0.497 e. The molecule has 0 atom stereocenters. The minimum Gasteiger partial charge on any atom is -0.497 e. The Morgan fingerprint density at radius 3 is 1.58 bits per heavy atom. The van der Waals surface area contributed by atoms with E-state index in [9.17, 15) is 0 Å². The summed E-state index contributed by atoms with van der Waals surface area (Å²) in [5.41, 5.74) is 1.84. The Balaban J connectivity index is 1.58. The molecule has 5 rings (SSSR count). The highest BCUT2D eigenvalue weighted by molar-refractivity contribution is 7.97. The zero-order valence-electron chi connectivity index (χ0n) is 20.7. The Hall–Kier alpha value is -3.57. The summed E-state index contributed by atoms with van der Waals surface area (Å²) in [7, 11) is 4.82. The van der Waals surface area contributed by atoms with E-state index in [1.54, 1.807) is 21.3 Å². The predicted octanol–water partition coefficient (Wildman–Crippen LogP) is 7.44. The Bertz CT molecular complexity index is 1390. The minimum absolute atomic E-state index is 0.191. The number of ether oxygens (including phenoxy) is 3. The van der Waals surface area contributed by atoms with Gasteiger partial charge in [-0.3, -0.25) is 0 Å². The third-order valence-corrected chi connectivity index (χ3v) is 8.64. The van der Waals surface area contributed by atoms with Crippen LogP contribution in [-0.2, 0) is 26.2 Å². The number of rotatable bonds is 8. The topological polar surface area (TPSA) is 27.7 Å². The Labute approximate surface area is 215 Å². The van der Waals surface area contributed by atoms with Crippen LogP contribution in [0.3, 0.4) is 0 Å². The van der Waals surface area contributed by atoms with Crippen molar-refractivity contribution >= 4 is 21.7 Å².